The number of methoxy groups -OCH3 is 1. The van der Waals surface area contributed by atoms with Gasteiger partial charge in [0.1, 0.15) is 11.9 Å². The lowest BCUT2D eigenvalue weighted by atomic mass is 9.83. The van der Waals surface area contributed by atoms with Crippen LogP contribution in [-0.4, -0.2) is 18.3 Å². The molecule has 0 saturated heterocycles. The molecule has 2 nitrogen and oxygen atoms in total. The molecular weight excluding hydrogens is 243 g/mol. The number of benzene rings is 1. The minimum absolute atomic E-state index is 0.0935. The number of rotatable bonds is 3. The molecule has 0 saturated carbocycles. The maximum atomic E-state index is 13.7. The first-order valence-corrected chi connectivity index (χ1v) is 5.81. The molecule has 1 aromatic carbocycles. The largest absolute Gasteiger partial charge is 0.386 e. The van der Waals surface area contributed by atoms with Gasteiger partial charge in [-0.1, -0.05) is 38.4 Å². The van der Waals surface area contributed by atoms with E-state index in [1.165, 1.54) is 19.2 Å². The molecule has 96 valence electrons. The van der Waals surface area contributed by atoms with Crippen LogP contribution in [0, 0.1) is 11.2 Å². The molecule has 0 aliphatic heterocycles. The van der Waals surface area contributed by atoms with E-state index < -0.39 is 18.0 Å². The highest BCUT2D eigenvalue weighted by Gasteiger charge is 2.34. The molecule has 1 N–H and O–H groups in total. The van der Waals surface area contributed by atoms with Crippen LogP contribution in [0.3, 0.4) is 0 Å². The summed E-state index contributed by atoms with van der Waals surface area (Å²) >= 11 is 5.92. The van der Waals surface area contributed by atoms with Crippen molar-refractivity contribution in [3.63, 3.8) is 0 Å². The molecule has 1 rings (SSSR count). The fourth-order valence-corrected chi connectivity index (χ4v) is 2.18. The summed E-state index contributed by atoms with van der Waals surface area (Å²) in [5.74, 6) is -0.517. The highest BCUT2D eigenvalue weighted by Crippen LogP contribution is 2.36. The predicted octanol–water partition coefficient (Wildman–Crippen LogP) is 3.57. The van der Waals surface area contributed by atoms with Crippen molar-refractivity contribution in [1.29, 1.82) is 0 Å². The van der Waals surface area contributed by atoms with Gasteiger partial charge in [-0.15, -0.1) is 0 Å². The molecule has 0 amide bonds. The van der Waals surface area contributed by atoms with E-state index in [4.69, 9.17) is 16.3 Å². The van der Waals surface area contributed by atoms with Gasteiger partial charge in [0, 0.05) is 17.7 Å². The van der Waals surface area contributed by atoms with E-state index in [2.05, 4.69) is 0 Å². The summed E-state index contributed by atoms with van der Waals surface area (Å²) in [6.07, 6.45) is -1.62. The summed E-state index contributed by atoms with van der Waals surface area (Å²) in [4.78, 5) is 0. The maximum absolute atomic E-state index is 13.7. The molecule has 0 fully saturated rings. The molecule has 0 spiro atoms. The van der Waals surface area contributed by atoms with Gasteiger partial charge in [-0.2, -0.15) is 0 Å². The normalized spacial score (nSPS) is 15.7. The summed E-state index contributed by atoms with van der Waals surface area (Å²) in [7, 11) is 1.49. The minimum Gasteiger partial charge on any atom is -0.386 e. The lowest BCUT2D eigenvalue weighted by molar-refractivity contribution is -0.0735. The molecule has 2 atom stereocenters. The van der Waals surface area contributed by atoms with E-state index >= 15 is 0 Å². The molecule has 4 heteroatoms. The molecular formula is C13H18ClFO2. The smallest absolute Gasteiger partial charge is 0.130 e. The zero-order valence-electron chi connectivity index (χ0n) is 10.5. The minimum atomic E-state index is -1.09. The Labute approximate surface area is 106 Å². The van der Waals surface area contributed by atoms with Gasteiger partial charge in [0.2, 0.25) is 0 Å². The van der Waals surface area contributed by atoms with Crippen molar-refractivity contribution in [2.45, 2.75) is 33.0 Å². The summed E-state index contributed by atoms with van der Waals surface area (Å²) in [5.41, 5.74) is -0.226. The second kappa shape index (κ2) is 5.34. The Hall–Kier alpha value is -0.640. The number of ether oxygens (including phenoxy) is 1. The first kappa shape index (κ1) is 14.4. The van der Waals surface area contributed by atoms with Gasteiger partial charge in [-0.3, -0.25) is 0 Å². The van der Waals surface area contributed by atoms with Gasteiger partial charge >= 0.3 is 0 Å². The molecule has 0 heterocycles. The fraction of sp³-hybridized carbons (Fsp3) is 0.538. The van der Waals surface area contributed by atoms with Crippen LogP contribution in [-0.2, 0) is 4.74 Å². The molecule has 0 radical (unpaired) electrons. The van der Waals surface area contributed by atoms with Crippen molar-refractivity contribution >= 4 is 11.6 Å². The summed E-state index contributed by atoms with van der Waals surface area (Å²) in [5, 5.41) is 10.4. The Bertz CT molecular complexity index is 367. The zero-order valence-corrected chi connectivity index (χ0v) is 11.3. The average Bonchev–Trinajstić information content (AvgIpc) is 2.15. The Balaban J connectivity index is 3.15. The quantitative estimate of drug-likeness (QED) is 0.900. The van der Waals surface area contributed by atoms with E-state index in [9.17, 15) is 9.50 Å². The van der Waals surface area contributed by atoms with Crippen LogP contribution in [0.1, 0.15) is 32.4 Å². The fourth-order valence-electron chi connectivity index (χ4n) is 1.90. The van der Waals surface area contributed by atoms with Crippen LogP contribution in [0.15, 0.2) is 18.2 Å². The third-order valence-electron chi connectivity index (χ3n) is 2.69. The van der Waals surface area contributed by atoms with Crippen molar-refractivity contribution < 1.29 is 14.2 Å². The average molecular weight is 261 g/mol. The van der Waals surface area contributed by atoms with E-state index in [0.29, 0.717) is 0 Å². The highest BCUT2D eigenvalue weighted by molar-refractivity contribution is 6.31. The van der Waals surface area contributed by atoms with E-state index in [1.807, 2.05) is 20.8 Å². The van der Waals surface area contributed by atoms with E-state index in [0.717, 1.165) is 0 Å². The van der Waals surface area contributed by atoms with Gasteiger partial charge in [-0.25, -0.2) is 4.39 Å². The standard InChI is InChI=1S/C13H18ClFO2/c1-13(2,3)12(17-4)11(16)10-8(14)6-5-7-9(10)15/h5-7,11-12,16H,1-4H3. The van der Waals surface area contributed by atoms with Crippen molar-refractivity contribution in [3.05, 3.63) is 34.6 Å². The Morgan fingerprint density at radius 3 is 2.35 bits per heavy atom. The van der Waals surface area contributed by atoms with Crippen molar-refractivity contribution in [3.8, 4) is 0 Å². The van der Waals surface area contributed by atoms with Gasteiger partial charge in [0.05, 0.1) is 6.10 Å². The summed E-state index contributed by atoms with van der Waals surface area (Å²) in [6, 6.07) is 4.34. The Kier molecular flexibility index (Phi) is 4.53. The van der Waals surface area contributed by atoms with Gasteiger partial charge in [-0.05, 0) is 17.5 Å². The van der Waals surface area contributed by atoms with Crippen LogP contribution >= 0.6 is 11.6 Å². The monoisotopic (exact) mass is 260 g/mol. The molecule has 0 aromatic heterocycles. The Morgan fingerprint density at radius 2 is 1.94 bits per heavy atom. The van der Waals surface area contributed by atoms with Gasteiger partial charge in [0.25, 0.3) is 0 Å². The summed E-state index contributed by atoms with van der Waals surface area (Å²) in [6.45, 7) is 5.75. The van der Waals surface area contributed by atoms with Gasteiger partial charge < -0.3 is 9.84 Å². The SMILES string of the molecule is COC(C(O)c1c(F)cccc1Cl)C(C)(C)C. The number of aliphatic hydroxyl groups is 1. The van der Waals surface area contributed by atoms with Crippen molar-refractivity contribution in [2.24, 2.45) is 5.41 Å². The topological polar surface area (TPSA) is 29.5 Å². The van der Waals surface area contributed by atoms with Crippen LogP contribution in [0.4, 0.5) is 4.39 Å². The maximum Gasteiger partial charge on any atom is 0.130 e. The molecule has 2 unspecified atom stereocenters. The molecule has 1 aromatic rings. The second-order valence-corrected chi connectivity index (χ2v) is 5.51. The molecule has 0 bridgehead atoms. The van der Waals surface area contributed by atoms with Crippen LogP contribution < -0.4 is 0 Å². The van der Waals surface area contributed by atoms with Crippen LogP contribution in [0.2, 0.25) is 5.02 Å². The van der Waals surface area contributed by atoms with Crippen LogP contribution in [0.25, 0.3) is 0 Å². The number of halogens is 2. The van der Waals surface area contributed by atoms with E-state index in [-0.39, 0.29) is 16.0 Å². The number of hydrogen-bond donors (Lipinski definition) is 1. The zero-order chi connectivity index (χ0) is 13.2. The summed E-state index contributed by atoms with van der Waals surface area (Å²) < 4.78 is 19.0. The first-order chi connectivity index (χ1) is 7.79. The van der Waals surface area contributed by atoms with E-state index in [1.54, 1.807) is 6.07 Å². The Morgan fingerprint density at radius 1 is 1.35 bits per heavy atom. The molecule has 17 heavy (non-hydrogen) atoms. The lowest BCUT2D eigenvalue weighted by Gasteiger charge is -2.33. The second-order valence-electron chi connectivity index (χ2n) is 5.10. The third-order valence-corrected chi connectivity index (χ3v) is 3.02. The van der Waals surface area contributed by atoms with Crippen LogP contribution in [0.5, 0.6) is 0 Å². The first-order valence-electron chi connectivity index (χ1n) is 5.43. The lowest BCUT2D eigenvalue weighted by Crippen LogP contribution is -2.34. The molecule has 0 aliphatic carbocycles. The predicted molar refractivity (Wildman–Crippen MR) is 66.6 cm³/mol. The number of aliphatic hydroxyl groups excluding tert-OH is 1. The van der Waals surface area contributed by atoms with Crippen molar-refractivity contribution in [2.75, 3.05) is 7.11 Å². The van der Waals surface area contributed by atoms with Crippen molar-refractivity contribution in [1.82, 2.24) is 0 Å². The number of hydrogen-bond acceptors (Lipinski definition) is 2. The van der Waals surface area contributed by atoms with Gasteiger partial charge in [0.15, 0.2) is 0 Å². The third kappa shape index (κ3) is 3.18. The highest BCUT2D eigenvalue weighted by atomic mass is 35.5. The molecule has 0 aliphatic rings.